The van der Waals surface area contributed by atoms with E-state index in [1.807, 2.05) is 0 Å². The number of pyridine rings is 1. The average molecular weight is 379 g/mol. The van der Waals surface area contributed by atoms with Gasteiger partial charge in [-0.25, -0.2) is 4.79 Å². The lowest BCUT2D eigenvalue weighted by Gasteiger charge is -2.07. The molecule has 0 saturated heterocycles. The van der Waals surface area contributed by atoms with Gasteiger partial charge in [-0.3, -0.25) is 14.6 Å². The number of carbonyl (C=O) groups is 3. The maximum Gasteiger partial charge on any atom is 0.337 e. The second kappa shape index (κ2) is 8.63. The number of hydrogen-bond acceptors (Lipinski definition) is 6. The molecule has 0 fully saturated rings. The van der Waals surface area contributed by atoms with Gasteiger partial charge in [0.05, 0.1) is 25.5 Å². The topological polar surface area (TPSA) is 111 Å². The first-order valence-electron chi connectivity index (χ1n) is 8.33. The Balaban J connectivity index is 1.64. The molecule has 8 nitrogen and oxygen atoms in total. The molecule has 0 saturated carbocycles. The summed E-state index contributed by atoms with van der Waals surface area (Å²) in [6.07, 6.45) is 2.91. The first kappa shape index (κ1) is 18.8. The highest BCUT2D eigenvalue weighted by atomic mass is 16.5. The van der Waals surface area contributed by atoms with Crippen LogP contribution in [-0.4, -0.2) is 29.9 Å². The highest BCUT2D eigenvalue weighted by molar-refractivity contribution is 6.05. The summed E-state index contributed by atoms with van der Waals surface area (Å²) in [5.41, 5.74) is 1.23. The summed E-state index contributed by atoms with van der Waals surface area (Å²) in [5.74, 6) is -0.676. The number of aromatic nitrogens is 1. The van der Waals surface area contributed by atoms with Gasteiger partial charge in [0.1, 0.15) is 11.5 Å². The molecule has 0 atom stereocenters. The Bertz CT molecular complexity index is 981. The van der Waals surface area contributed by atoms with Crippen LogP contribution in [-0.2, 0) is 11.3 Å². The number of furan rings is 1. The van der Waals surface area contributed by atoms with Crippen LogP contribution in [0.5, 0.6) is 0 Å². The Hall–Kier alpha value is -3.94. The van der Waals surface area contributed by atoms with Gasteiger partial charge in [0.25, 0.3) is 11.8 Å². The van der Waals surface area contributed by atoms with E-state index in [9.17, 15) is 14.4 Å². The smallest absolute Gasteiger partial charge is 0.337 e. The summed E-state index contributed by atoms with van der Waals surface area (Å²) in [5, 5.41) is 5.37. The van der Waals surface area contributed by atoms with Crippen LogP contribution in [0.2, 0.25) is 0 Å². The van der Waals surface area contributed by atoms with Crippen molar-refractivity contribution in [3.05, 3.63) is 83.6 Å². The Labute approximate surface area is 160 Å². The third-order valence-corrected chi connectivity index (χ3v) is 3.82. The van der Waals surface area contributed by atoms with Gasteiger partial charge in [0, 0.05) is 17.4 Å². The standard InChI is InChI=1S/C20H17N3O5/c1-27-20(26)13-4-6-15(7-5-13)23-19(25)17-11-14(8-9-21-17)18(24)22-12-16-3-2-10-28-16/h2-11H,12H2,1H3,(H,22,24)(H,23,25). The number of amides is 2. The summed E-state index contributed by atoms with van der Waals surface area (Å²) in [7, 11) is 1.29. The molecule has 2 heterocycles. The molecule has 2 N–H and O–H groups in total. The first-order chi connectivity index (χ1) is 13.6. The van der Waals surface area contributed by atoms with Gasteiger partial charge in [0.15, 0.2) is 0 Å². The number of hydrogen-bond donors (Lipinski definition) is 2. The van der Waals surface area contributed by atoms with Crippen LogP contribution >= 0.6 is 0 Å². The van der Waals surface area contributed by atoms with Gasteiger partial charge in [-0.05, 0) is 48.5 Å². The van der Waals surface area contributed by atoms with Gasteiger partial charge in [-0.15, -0.1) is 0 Å². The molecule has 8 heteroatoms. The number of methoxy groups -OCH3 is 1. The number of anilines is 1. The maximum atomic E-state index is 12.4. The fraction of sp³-hybridized carbons (Fsp3) is 0.100. The van der Waals surface area contributed by atoms with Gasteiger partial charge in [0.2, 0.25) is 0 Å². The van der Waals surface area contributed by atoms with Crippen molar-refractivity contribution < 1.29 is 23.5 Å². The van der Waals surface area contributed by atoms with Gasteiger partial charge in [-0.1, -0.05) is 0 Å². The minimum atomic E-state index is -0.480. The molecule has 1 aromatic carbocycles. The quantitative estimate of drug-likeness (QED) is 0.637. The number of carbonyl (C=O) groups excluding carboxylic acids is 3. The normalized spacial score (nSPS) is 10.2. The van der Waals surface area contributed by atoms with Crippen LogP contribution in [0.4, 0.5) is 5.69 Å². The average Bonchev–Trinajstić information content (AvgIpc) is 3.25. The van der Waals surface area contributed by atoms with Gasteiger partial charge in [-0.2, -0.15) is 0 Å². The van der Waals surface area contributed by atoms with Crippen LogP contribution in [0.1, 0.15) is 37.0 Å². The van der Waals surface area contributed by atoms with Gasteiger partial charge < -0.3 is 19.8 Å². The van der Waals surface area contributed by atoms with E-state index in [-0.39, 0.29) is 18.1 Å². The molecule has 142 valence electrons. The van der Waals surface area contributed by atoms with Gasteiger partial charge >= 0.3 is 5.97 Å². The Morgan fingerprint density at radius 1 is 1.04 bits per heavy atom. The number of benzene rings is 1. The van der Waals surface area contributed by atoms with Crippen LogP contribution in [0.3, 0.4) is 0 Å². The van der Waals surface area contributed by atoms with E-state index in [1.165, 1.54) is 43.8 Å². The highest BCUT2D eigenvalue weighted by Crippen LogP contribution is 2.12. The zero-order valence-corrected chi connectivity index (χ0v) is 15.0. The van der Waals surface area contributed by atoms with Crippen molar-refractivity contribution in [2.75, 3.05) is 12.4 Å². The lowest BCUT2D eigenvalue weighted by Crippen LogP contribution is -2.23. The van der Waals surface area contributed by atoms with E-state index in [0.717, 1.165) is 0 Å². The first-order valence-corrected chi connectivity index (χ1v) is 8.33. The summed E-state index contributed by atoms with van der Waals surface area (Å²) in [6.45, 7) is 0.238. The molecule has 3 aromatic rings. The lowest BCUT2D eigenvalue weighted by molar-refractivity contribution is 0.0600. The van der Waals surface area contributed by atoms with Crippen molar-refractivity contribution in [1.82, 2.24) is 10.3 Å². The molecule has 28 heavy (non-hydrogen) atoms. The van der Waals surface area contributed by atoms with Crippen LogP contribution in [0, 0.1) is 0 Å². The summed E-state index contributed by atoms with van der Waals surface area (Å²) in [6, 6.07) is 12.6. The number of esters is 1. The number of ether oxygens (including phenoxy) is 1. The molecule has 0 radical (unpaired) electrons. The predicted molar refractivity (Wildman–Crippen MR) is 99.8 cm³/mol. The third kappa shape index (κ3) is 4.61. The minimum absolute atomic E-state index is 0.0858. The molecule has 2 amide bonds. The zero-order chi connectivity index (χ0) is 19.9. The number of nitrogens with one attached hydrogen (secondary N) is 2. The Morgan fingerprint density at radius 3 is 2.50 bits per heavy atom. The lowest BCUT2D eigenvalue weighted by atomic mass is 10.2. The monoisotopic (exact) mass is 379 g/mol. The Kier molecular flexibility index (Phi) is 5.81. The van der Waals surface area contributed by atoms with E-state index in [0.29, 0.717) is 22.6 Å². The van der Waals surface area contributed by atoms with Crippen molar-refractivity contribution in [2.24, 2.45) is 0 Å². The van der Waals surface area contributed by atoms with Crippen molar-refractivity contribution in [2.45, 2.75) is 6.54 Å². The summed E-state index contributed by atoms with van der Waals surface area (Å²) < 4.78 is 9.78. The molecule has 0 aliphatic rings. The van der Waals surface area contributed by atoms with Crippen molar-refractivity contribution in [1.29, 1.82) is 0 Å². The van der Waals surface area contributed by atoms with Crippen LogP contribution < -0.4 is 10.6 Å². The molecule has 0 bridgehead atoms. The van der Waals surface area contributed by atoms with E-state index in [4.69, 9.17) is 4.42 Å². The molecule has 0 spiro atoms. The molecule has 0 aliphatic carbocycles. The number of nitrogens with zero attached hydrogens (tertiary/aromatic N) is 1. The molecule has 2 aromatic heterocycles. The van der Waals surface area contributed by atoms with E-state index in [1.54, 1.807) is 24.3 Å². The van der Waals surface area contributed by atoms with Crippen molar-refractivity contribution in [3.63, 3.8) is 0 Å². The molecule has 0 aliphatic heterocycles. The van der Waals surface area contributed by atoms with E-state index >= 15 is 0 Å². The van der Waals surface area contributed by atoms with E-state index in [2.05, 4.69) is 20.4 Å². The summed E-state index contributed by atoms with van der Waals surface area (Å²) in [4.78, 5) is 40.1. The van der Waals surface area contributed by atoms with E-state index < -0.39 is 11.9 Å². The molecular formula is C20H17N3O5. The Morgan fingerprint density at radius 2 is 1.82 bits per heavy atom. The van der Waals surface area contributed by atoms with Crippen molar-refractivity contribution in [3.8, 4) is 0 Å². The second-order valence-corrected chi connectivity index (χ2v) is 5.71. The molecule has 0 unspecified atom stereocenters. The maximum absolute atomic E-state index is 12.4. The minimum Gasteiger partial charge on any atom is -0.467 e. The molecule has 3 rings (SSSR count). The zero-order valence-electron chi connectivity index (χ0n) is 15.0. The third-order valence-electron chi connectivity index (χ3n) is 3.82. The summed E-state index contributed by atoms with van der Waals surface area (Å²) >= 11 is 0. The highest BCUT2D eigenvalue weighted by Gasteiger charge is 2.13. The predicted octanol–water partition coefficient (Wildman–Crippen LogP) is 2.64. The van der Waals surface area contributed by atoms with Crippen molar-refractivity contribution >= 4 is 23.5 Å². The second-order valence-electron chi connectivity index (χ2n) is 5.71. The fourth-order valence-corrected chi connectivity index (χ4v) is 2.38. The number of rotatable bonds is 6. The fourth-order valence-electron chi connectivity index (χ4n) is 2.38. The SMILES string of the molecule is COC(=O)c1ccc(NC(=O)c2cc(C(=O)NCc3ccco3)ccn2)cc1. The molecular weight excluding hydrogens is 362 g/mol. The largest absolute Gasteiger partial charge is 0.467 e. The van der Waals surface area contributed by atoms with Crippen LogP contribution in [0.25, 0.3) is 0 Å². The van der Waals surface area contributed by atoms with Crippen LogP contribution in [0.15, 0.2) is 65.4 Å².